The number of pyridine rings is 1. The standard InChI is InChI=1S/C8H11NS.C2H6/c1-3-7-5-4-6-8(9-7)10-2;1-2/h4-6H,3H2,1-2H3;1-2H3. The molecule has 1 heterocycles. The molecule has 0 unspecified atom stereocenters. The van der Waals surface area contributed by atoms with Crippen LogP contribution in [0.25, 0.3) is 0 Å². The van der Waals surface area contributed by atoms with Gasteiger partial charge in [-0.3, -0.25) is 0 Å². The predicted molar refractivity (Wildman–Crippen MR) is 56.7 cm³/mol. The summed E-state index contributed by atoms with van der Waals surface area (Å²) in [5.74, 6) is 0. The van der Waals surface area contributed by atoms with Crippen LogP contribution < -0.4 is 0 Å². The van der Waals surface area contributed by atoms with Crippen LogP contribution >= 0.6 is 11.8 Å². The van der Waals surface area contributed by atoms with E-state index >= 15 is 0 Å². The van der Waals surface area contributed by atoms with Gasteiger partial charge in [-0.2, -0.15) is 0 Å². The van der Waals surface area contributed by atoms with Gasteiger partial charge in [0.25, 0.3) is 0 Å². The Morgan fingerprint density at radius 2 is 2.00 bits per heavy atom. The highest BCUT2D eigenvalue weighted by molar-refractivity contribution is 7.98. The van der Waals surface area contributed by atoms with Crippen molar-refractivity contribution in [1.29, 1.82) is 0 Å². The maximum Gasteiger partial charge on any atom is 0.0960 e. The number of aromatic nitrogens is 1. The molecule has 68 valence electrons. The third-order valence-corrected chi connectivity index (χ3v) is 2.00. The van der Waals surface area contributed by atoms with E-state index in [1.165, 1.54) is 5.69 Å². The first-order valence-electron chi connectivity index (χ1n) is 4.36. The summed E-state index contributed by atoms with van der Waals surface area (Å²) < 4.78 is 0. The van der Waals surface area contributed by atoms with Gasteiger partial charge in [0.15, 0.2) is 0 Å². The lowest BCUT2D eigenvalue weighted by atomic mass is 10.3. The van der Waals surface area contributed by atoms with E-state index in [2.05, 4.69) is 24.0 Å². The van der Waals surface area contributed by atoms with Gasteiger partial charge < -0.3 is 0 Å². The van der Waals surface area contributed by atoms with E-state index in [1.807, 2.05) is 26.2 Å². The molecule has 0 N–H and O–H groups in total. The summed E-state index contributed by atoms with van der Waals surface area (Å²) in [5, 5.41) is 1.11. The molecule has 0 amide bonds. The SMILES string of the molecule is CC.CCc1cccc(SC)n1. The van der Waals surface area contributed by atoms with Gasteiger partial charge >= 0.3 is 0 Å². The van der Waals surface area contributed by atoms with Crippen LogP contribution in [0.1, 0.15) is 26.5 Å². The smallest absolute Gasteiger partial charge is 0.0960 e. The van der Waals surface area contributed by atoms with Gasteiger partial charge in [0.2, 0.25) is 0 Å². The van der Waals surface area contributed by atoms with Crippen molar-refractivity contribution in [3.63, 3.8) is 0 Å². The van der Waals surface area contributed by atoms with Crippen molar-refractivity contribution in [3.05, 3.63) is 23.9 Å². The van der Waals surface area contributed by atoms with Crippen LogP contribution in [-0.2, 0) is 6.42 Å². The summed E-state index contributed by atoms with van der Waals surface area (Å²) in [6, 6.07) is 6.14. The summed E-state index contributed by atoms with van der Waals surface area (Å²) in [7, 11) is 0. The van der Waals surface area contributed by atoms with Crippen molar-refractivity contribution >= 4 is 11.8 Å². The molecule has 0 saturated heterocycles. The molecule has 1 nitrogen and oxygen atoms in total. The van der Waals surface area contributed by atoms with Crippen LogP contribution in [0.15, 0.2) is 23.2 Å². The van der Waals surface area contributed by atoms with Crippen molar-refractivity contribution in [3.8, 4) is 0 Å². The molecule has 12 heavy (non-hydrogen) atoms. The third-order valence-electron chi connectivity index (χ3n) is 1.35. The lowest BCUT2D eigenvalue weighted by molar-refractivity contribution is 0.973. The highest BCUT2D eigenvalue weighted by Crippen LogP contribution is 2.10. The first-order chi connectivity index (χ1) is 5.86. The Balaban J connectivity index is 0.000000561. The number of rotatable bonds is 2. The average molecular weight is 183 g/mol. The largest absolute Gasteiger partial charge is 0.247 e. The highest BCUT2D eigenvalue weighted by Gasteiger charge is 1.91. The molecule has 0 aliphatic heterocycles. The zero-order chi connectivity index (χ0) is 9.40. The molecule has 0 spiro atoms. The second-order valence-electron chi connectivity index (χ2n) is 2.02. The second kappa shape index (κ2) is 7.17. The van der Waals surface area contributed by atoms with E-state index in [0.717, 1.165) is 11.4 Å². The molecule has 1 aromatic rings. The number of hydrogen-bond acceptors (Lipinski definition) is 2. The number of thioether (sulfide) groups is 1. The van der Waals surface area contributed by atoms with Crippen molar-refractivity contribution in [1.82, 2.24) is 4.98 Å². The van der Waals surface area contributed by atoms with Crippen molar-refractivity contribution < 1.29 is 0 Å². The summed E-state index contributed by atoms with van der Waals surface area (Å²) in [5.41, 5.74) is 1.17. The van der Waals surface area contributed by atoms with Gasteiger partial charge in [-0.15, -0.1) is 11.8 Å². The van der Waals surface area contributed by atoms with Crippen LogP contribution in [-0.4, -0.2) is 11.2 Å². The first-order valence-corrected chi connectivity index (χ1v) is 5.59. The van der Waals surface area contributed by atoms with Crippen molar-refractivity contribution in [2.24, 2.45) is 0 Å². The lowest BCUT2D eigenvalue weighted by Crippen LogP contribution is -1.86. The van der Waals surface area contributed by atoms with E-state index in [0.29, 0.717) is 0 Å². The Kier molecular flexibility index (Phi) is 6.87. The minimum absolute atomic E-state index is 1.02. The summed E-state index contributed by atoms with van der Waals surface area (Å²) in [4.78, 5) is 4.37. The third kappa shape index (κ3) is 3.77. The van der Waals surface area contributed by atoms with E-state index < -0.39 is 0 Å². The topological polar surface area (TPSA) is 12.9 Å². The fourth-order valence-electron chi connectivity index (χ4n) is 0.768. The fourth-order valence-corrected chi connectivity index (χ4v) is 1.19. The maximum atomic E-state index is 4.37. The highest BCUT2D eigenvalue weighted by atomic mass is 32.2. The second-order valence-corrected chi connectivity index (χ2v) is 2.85. The van der Waals surface area contributed by atoms with Crippen molar-refractivity contribution in [2.45, 2.75) is 32.2 Å². The Morgan fingerprint density at radius 1 is 1.33 bits per heavy atom. The van der Waals surface area contributed by atoms with Gasteiger partial charge in [-0.05, 0) is 24.8 Å². The van der Waals surface area contributed by atoms with Gasteiger partial charge in [0, 0.05) is 5.69 Å². The number of hydrogen-bond donors (Lipinski definition) is 0. The minimum atomic E-state index is 1.02. The Labute approximate surface area is 79.6 Å². The molecule has 0 atom stereocenters. The van der Waals surface area contributed by atoms with Crippen molar-refractivity contribution in [2.75, 3.05) is 6.26 Å². The zero-order valence-electron chi connectivity index (χ0n) is 8.29. The quantitative estimate of drug-likeness (QED) is 0.652. The molecule has 1 aromatic heterocycles. The average Bonchev–Trinajstić information content (AvgIpc) is 2.21. The molecule has 0 fully saturated rings. The number of aryl methyl sites for hydroxylation is 1. The molecule has 0 saturated carbocycles. The fraction of sp³-hybridized carbons (Fsp3) is 0.500. The van der Waals surface area contributed by atoms with Crippen LogP contribution in [0.3, 0.4) is 0 Å². The van der Waals surface area contributed by atoms with Gasteiger partial charge in [0.05, 0.1) is 5.03 Å². The molecular formula is C10H17NS. The van der Waals surface area contributed by atoms with E-state index in [9.17, 15) is 0 Å². The normalized spacial score (nSPS) is 8.67. The van der Waals surface area contributed by atoms with E-state index in [1.54, 1.807) is 11.8 Å². The minimum Gasteiger partial charge on any atom is -0.247 e. The zero-order valence-corrected chi connectivity index (χ0v) is 9.11. The van der Waals surface area contributed by atoms with E-state index in [4.69, 9.17) is 0 Å². The molecule has 0 aliphatic carbocycles. The van der Waals surface area contributed by atoms with Crippen LogP contribution in [0.4, 0.5) is 0 Å². The maximum absolute atomic E-state index is 4.37. The summed E-state index contributed by atoms with van der Waals surface area (Å²) in [6.07, 6.45) is 3.07. The lowest BCUT2D eigenvalue weighted by Gasteiger charge is -1.97. The van der Waals surface area contributed by atoms with Crippen LogP contribution in [0.2, 0.25) is 0 Å². The molecule has 1 rings (SSSR count). The van der Waals surface area contributed by atoms with Crippen LogP contribution in [0, 0.1) is 0 Å². The predicted octanol–water partition coefficient (Wildman–Crippen LogP) is 3.39. The molecule has 2 heteroatoms. The molecule has 0 aliphatic rings. The molecule has 0 radical (unpaired) electrons. The summed E-state index contributed by atoms with van der Waals surface area (Å²) in [6.45, 7) is 6.12. The van der Waals surface area contributed by atoms with Crippen LogP contribution in [0.5, 0.6) is 0 Å². The van der Waals surface area contributed by atoms with Gasteiger partial charge in [-0.1, -0.05) is 26.8 Å². The van der Waals surface area contributed by atoms with Gasteiger partial charge in [0.1, 0.15) is 0 Å². The monoisotopic (exact) mass is 183 g/mol. The van der Waals surface area contributed by atoms with E-state index in [-0.39, 0.29) is 0 Å². The van der Waals surface area contributed by atoms with Gasteiger partial charge in [-0.25, -0.2) is 4.98 Å². The summed E-state index contributed by atoms with van der Waals surface area (Å²) >= 11 is 1.69. The first kappa shape index (κ1) is 11.5. The number of nitrogens with zero attached hydrogens (tertiary/aromatic N) is 1. The molecule has 0 aromatic carbocycles. The Bertz CT molecular complexity index is 191. The molecule has 0 bridgehead atoms. The Hall–Kier alpha value is -0.500. The Morgan fingerprint density at radius 3 is 2.50 bits per heavy atom. The molecular weight excluding hydrogens is 166 g/mol.